The first-order valence-electron chi connectivity index (χ1n) is 12.5. The number of hydrogen-bond donors (Lipinski definition) is 2. The predicted octanol–water partition coefficient (Wildman–Crippen LogP) is 3.64. The first-order valence-corrected chi connectivity index (χ1v) is 14.3. The number of sulfone groups is 1. The van der Waals surface area contributed by atoms with E-state index in [1.54, 1.807) is 26.0 Å². The molecular weight excluding hydrogens is 528 g/mol. The van der Waals surface area contributed by atoms with Crippen LogP contribution in [0.5, 0.6) is 0 Å². The van der Waals surface area contributed by atoms with Gasteiger partial charge in [-0.15, -0.1) is 0 Å². The zero-order chi connectivity index (χ0) is 29.0. The van der Waals surface area contributed by atoms with E-state index in [-0.39, 0.29) is 41.2 Å². The molecule has 0 saturated carbocycles. The van der Waals surface area contributed by atoms with Crippen LogP contribution in [0, 0.1) is 18.3 Å². The third-order valence-corrected chi connectivity index (χ3v) is 9.11. The molecule has 1 aliphatic heterocycles. The molecule has 1 aromatic carbocycles. The van der Waals surface area contributed by atoms with Crippen LogP contribution in [-0.2, 0) is 28.2 Å². The zero-order valence-corrected chi connectivity index (χ0v) is 23.2. The van der Waals surface area contributed by atoms with Gasteiger partial charge in [0.15, 0.2) is 0 Å². The number of aliphatic hydroxyl groups is 1. The van der Waals surface area contributed by atoms with Crippen molar-refractivity contribution in [3.63, 3.8) is 0 Å². The van der Waals surface area contributed by atoms with Crippen molar-refractivity contribution in [2.75, 3.05) is 16.8 Å². The van der Waals surface area contributed by atoms with Gasteiger partial charge in [0, 0.05) is 24.3 Å². The molecule has 12 heteroatoms. The number of pyridine rings is 1. The summed E-state index contributed by atoms with van der Waals surface area (Å²) in [5, 5.41) is 23.7. The lowest BCUT2D eigenvalue weighted by Gasteiger charge is -2.32. The van der Waals surface area contributed by atoms with E-state index in [2.05, 4.69) is 21.4 Å². The number of benzene rings is 1. The number of fused-ring (bicyclic) bond motifs is 1. The molecule has 1 fully saturated rings. The molecule has 0 amide bonds. The number of rotatable bonds is 6. The molecule has 9 nitrogen and oxygen atoms in total. The number of nitriles is 1. The molecule has 3 heterocycles. The molecule has 2 aromatic heterocycles. The maximum Gasteiger partial charge on any atom is 0.300 e. The van der Waals surface area contributed by atoms with E-state index in [0.717, 1.165) is 13.8 Å². The van der Waals surface area contributed by atoms with Crippen molar-refractivity contribution >= 4 is 26.6 Å². The Bertz CT molecular complexity index is 1640. The maximum absolute atomic E-state index is 14.8. The van der Waals surface area contributed by atoms with E-state index >= 15 is 0 Å². The molecular formula is C27H31F2N5O4S. The molecule has 4 rings (SSSR count). The van der Waals surface area contributed by atoms with Gasteiger partial charge >= 0.3 is 5.92 Å². The Kier molecular flexibility index (Phi) is 7.06. The molecule has 1 atom stereocenters. The molecule has 0 aliphatic carbocycles. The third kappa shape index (κ3) is 5.13. The fourth-order valence-corrected chi connectivity index (χ4v) is 6.43. The Hall–Kier alpha value is -3.43. The van der Waals surface area contributed by atoms with Gasteiger partial charge in [0.2, 0.25) is 0 Å². The third-order valence-electron chi connectivity index (χ3n) is 7.46. The summed E-state index contributed by atoms with van der Waals surface area (Å²) >= 11 is 0. The highest BCUT2D eigenvalue weighted by atomic mass is 32.2. The first kappa shape index (κ1) is 28.6. The maximum atomic E-state index is 14.8. The highest BCUT2D eigenvalue weighted by Gasteiger charge is 2.47. The molecule has 3 aromatic rings. The Balaban J connectivity index is 1.81. The van der Waals surface area contributed by atoms with Crippen LogP contribution < -0.4 is 10.9 Å². The van der Waals surface area contributed by atoms with E-state index in [1.807, 2.05) is 0 Å². The van der Waals surface area contributed by atoms with Crippen molar-refractivity contribution in [2.24, 2.45) is 7.05 Å². The summed E-state index contributed by atoms with van der Waals surface area (Å²) in [4.78, 5) is 22.2. The van der Waals surface area contributed by atoms with Crippen LogP contribution in [0.15, 0.2) is 35.1 Å². The van der Waals surface area contributed by atoms with Gasteiger partial charge in [-0.25, -0.2) is 18.4 Å². The lowest BCUT2D eigenvalue weighted by atomic mass is 9.79. The van der Waals surface area contributed by atoms with Crippen LogP contribution in [-0.4, -0.2) is 45.2 Å². The highest BCUT2D eigenvalue weighted by molar-refractivity contribution is 7.91. The van der Waals surface area contributed by atoms with Gasteiger partial charge in [0.1, 0.15) is 32.6 Å². The lowest BCUT2D eigenvalue weighted by molar-refractivity contribution is -0.168. The molecule has 208 valence electrons. The van der Waals surface area contributed by atoms with Crippen LogP contribution >= 0.6 is 0 Å². The van der Waals surface area contributed by atoms with E-state index in [4.69, 9.17) is 0 Å². The van der Waals surface area contributed by atoms with Gasteiger partial charge in [-0.3, -0.25) is 4.79 Å². The lowest BCUT2D eigenvalue weighted by Crippen LogP contribution is -2.40. The van der Waals surface area contributed by atoms with E-state index in [0.29, 0.717) is 22.5 Å². The Morgan fingerprint density at radius 2 is 1.85 bits per heavy atom. The Morgan fingerprint density at radius 1 is 1.21 bits per heavy atom. The predicted molar refractivity (Wildman–Crippen MR) is 143 cm³/mol. The van der Waals surface area contributed by atoms with Gasteiger partial charge in [-0.05, 0) is 58.2 Å². The monoisotopic (exact) mass is 559 g/mol. The van der Waals surface area contributed by atoms with Crippen molar-refractivity contribution < 1.29 is 22.3 Å². The summed E-state index contributed by atoms with van der Waals surface area (Å²) < 4.78 is 55.1. The highest BCUT2D eigenvalue weighted by Crippen LogP contribution is 2.40. The molecule has 0 unspecified atom stereocenters. The second-order valence-electron chi connectivity index (χ2n) is 10.7. The van der Waals surface area contributed by atoms with Gasteiger partial charge in [-0.1, -0.05) is 18.2 Å². The second kappa shape index (κ2) is 9.64. The Labute approximate surface area is 225 Å². The SMILES string of the molecule is Cc1nc(N[C@H](C)c2cccc(C(F)(F)C(C)(C)O)c2)c2cc(C3(C#N)CCS(=O)(=O)CC3)n(C)c(=O)c2n1. The van der Waals surface area contributed by atoms with Crippen LogP contribution in [0.2, 0.25) is 0 Å². The van der Waals surface area contributed by atoms with Crippen LogP contribution in [0.3, 0.4) is 0 Å². The average Bonchev–Trinajstić information content (AvgIpc) is 2.86. The zero-order valence-electron chi connectivity index (χ0n) is 22.4. The standard InChI is InChI=1S/C27H31F2N5O4S/c1-16(18-7-6-8-19(13-18)27(28,29)25(3,4)36)31-23-20-14-21(26(15-30)9-11-39(37,38)12-10-26)34(5)24(35)22(20)32-17(2)33-23/h6-8,13-14,16,36H,9-12H2,1-5H3,(H,31,32,33)/t16-/m1/s1. The molecule has 39 heavy (non-hydrogen) atoms. The summed E-state index contributed by atoms with van der Waals surface area (Å²) in [7, 11) is -1.74. The summed E-state index contributed by atoms with van der Waals surface area (Å²) in [6, 6.07) is 9.06. The topological polar surface area (TPSA) is 138 Å². The number of alkyl halides is 2. The number of halogens is 2. The van der Waals surface area contributed by atoms with Gasteiger partial charge < -0.3 is 15.0 Å². The number of hydrogen-bond acceptors (Lipinski definition) is 8. The van der Waals surface area contributed by atoms with Crippen molar-refractivity contribution in [1.82, 2.24) is 14.5 Å². The molecule has 0 radical (unpaired) electrons. The molecule has 0 bridgehead atoms. The molecule has 2 N–H and O–H groups in total. The fourth-order valence-electron chi connectivity index (χ4n) is 4.91. The van der Waals surface area contributed by atoms with Crippen molar-refractivity contribution in [3.05, 3.63) is 63.3 Å². The number of nitrogens with zero attached hydrogens (tertiary/aromatic N) is 4. The first-order chi connectivity index (χ1) is 18.0. The summed E-state index contributed by atoms with van der Waals surface area (Å²) in [5.74, 6) is -3.24. The number of aryl methyl sites for hydroxylation is 1. The quantitative estimate of drug-likeness (QED) is 0.467. The molecule has 0 spiro atoms. The van der Waals surface area contributed by atoms with Gasteiger partial charge in [0.05, 0.1) is 28.4 Å². The van der Waals surface area contributed by atoms with Gasteiger partial charge in [-0.2, -0.15) is 14.0 Å². The molecule has 1 saturated heterocycles. The van der Waals surface area contributed by atoms with Gasteiger partial charge in [0.25, 0.3) is 5.56 Å². The van der Waals surface area contributed by atoms with Crippen LogP contribution in [0.1, 0.15) is 62.3 Å². The smallest absolute Gasteiger partial charge is 0.300 e. The van der Waals surface area contributed by atoms with E-state index in [9.17, 15) is 32.4 Å². The largest absolute Gasteiger partial charge is 0.384 e. The van der Waals surface area contributed by atoms with Crippen molar-refractivity contribution in [1.29, 1.82) is 5.26 Å². The van der Waals surface area contributed by atoms with E-state index < -0.39 is 38.4 Å². The second-order valence-corrected chi connectivity index (χ2v) is 13.0. The Morgan fingerprint density at radius 3 is 2.44 bits per heavy atom. The average molecular weight is 560 g/mol. The fraction of sp³-hybridized carbons (Fsp3) is 0.481. The van der Waals surface area contributed by atoms with Crippen molar-refractivity contribution in [3.8, 4) is 6.07 Å². The summed E-state index contributed by atoms with van der Waals surface area (Å²) in [6.07, 6.45) is 0.109. The normalized spacial score (nSPS) is 17.9. The summed E-state index contributed by atoms with van der Waals surface area (Å²) in [5.41, 5.74) is -3.28. The number of aromatic nitrogens is 3. The van der Waals surface area contributed by atoms with E-state index in [1.165, 1.54) is 29.8 Å². The minimum atomic E-state index is -3.50. The van der Waals surface area contributed by atoms with Crippen molar-refractivity contribution in [2.45, 2.75) is 63.5 Å². The minimum absolute atomic E-state index is 0.0543. The minimum Gasteiger partial charge on any atom is -0.384 e. The number of nitrogens with one attached hydrogen (secondary N) is 1. The molecule has 1 aliphatic rings. The summed E-state index contributed by atoms with van der Waals surface area (Å²) in [6.45, 7) is 5.46. The van der Waals surface area contributed by atoms with Crippen LogP contribution in [0.4, 0.5) is 14.6 Å². The van der Waals surface area contributed by atoms with Crippen LogP contribution in [0.25, 0.3) is 10.9 Å². The number of anilines is 1.